The van der Waals surface area contributed by atoms with Crippen LogP contribution < -0.4 is 4.72 Å². The summed E-state index contributed by atoms with van der Waals surface area (Å²) in [5.41, 5.74) is 2.44. The zero-order valence-electron chi connectivity index (χ0n) is 14.1. The number of benzene rings is 1. The molecule has 0 aliphatic carbocycles. The van der Waals surface area contributed by atoms with Crippen LogP contribution in [0.1, 0.15) is 31.9 Å². The Kier molecular flexibility index (Phi) is 5.17. The number of ether oxygens (including phenoxy) is 1. The van der Waals surface area contributed by atoms with Crippen molar-refractivity contribution in [1.29, 1.82) is 0 Å². The van der Waals surface area contributed by atoms with Crippen LogP contribution in [0.25, 0.3) is 11.3 Å². The Hall–Kier alpha value is -1.83. The van der Waals surface area contributed by atoms with Gasteiger partial charge in [0, 0.05) is 12.2 Å². The minimum atomic E-state index is -3.35. The topological polar surface area (TPSA) is 68.3 Å². The molecule has 1 aromatic heterocycles. The van der Waals surface area contributed by atoms with Crippen molar-refractivity contribution >= 4 is 10.0 Å². The SMILES string of the molecule is CC(C)S(=O)(=O)NC1CCOC1c1ccc(-c2ccc(F)cn2)cc1. The van der Waals surface area contributed by atoms with E-state index in [1.54, 1.807) is 19.9 Å². The highest BCUT2D eigenvalue weighted by Crippen LogP contribution is 2.31. The van der Waals surface area contributed by atoms with Gasteiger partial charge in [-0.1, -0.05) is 24.3 Å². The van der Waals surface area contributed by atoms with Crippen LogP contribution in [0.2, 0.25) is 0 Å². The fourth-order valence-corrected chi connectivity index (χ4v) is 3.71. The number of aromatic nitrogens is 1. The molecule has 1 aliphatic heterocycles. The monoisotopic (exact) mass is 364 g/mol. The number of hydrogen-bond donors (Lipinski definition) is 1. The summed E-state index contributed by atoms with van der Waals surface area (Å²) in [6.45, 7) is 3.81. The molecule has 1 aliphatic rings. The summed E-state index contributed by atoms with van der Waals surface area (Å²) in [5, 5.41) is -0.485. The van der Waals surface area contributed by atoms with Crippen LogP contribution in [0, 0.1) is 5.82 Å². The summed E-state index contributed by atoms with van der Waals surface area (Å²) < 4.78 is 45.7. The first kappa shape index (κ1) is 18.0. The van der Waals surface area contributed by atoms with Gasteiger partial charge in [-0.15, -0.1) is 0 Å². The third-order valence-corrected chi connectivity index (χ3v) is 6.16. The number of halogens is 1. The van der Waals surface area contributed by atoms with Crippen molar-refractivity contribution in [1.82, 2.24) is 9.71 Å². The first-order valence-corrected chi connectivity index (χ1v) is 9.76. The third-order valence-electron chi connectivity index (χ3n) is 4.29. The van der Waals surface area contributed by atoms with Gasteiger partial charge in [-0.25, -0.2) is 17.5 Å². The van der Waals surface area contributed by atoms with Crippen LogP contribution in [0.3, 0.4) is 0 Å². The van der Waals surface area contributed by atoms with Crippen molar-refractivity contribution in [2.45, 2.75) is 37.7 Å². The lowest BCUT2D eigenvalue weighted by Gasteiger charge is -2.21. The molecule has 2 atom stereocenters. The predicted octanol–water partition coefficient (Wildman–Crippen LogP) is 3.05. The molecule has 1 fully saturated rings. The van der Waals surface area contributed by atoms with Gasteiger partial charge in [0.25, 0.3) is 0 Å². The van der Waals surface area contributed by atoms with E-state index in [0.717, 1.165) is 11.1 Å². The second kappa shape index (κ2) is 7.19. The Morgan fingerprint density at radius 1 is 1.20 bits per heavy atom. The molecule has 0 saturated carbocycles. The Labute approximate surface area is 147 Å². The lowest BCUT2D eigenvalue weighted by Crippen LogP contribution is -2.40. The highest BCUT2D eigenvalue weighted by molar-refractivity contribution is 7.90. The second-order valence-electron chi connectivity index (χ2n) is 6.38. The first-order valence-electron chi connectivity index (χ1n) is 8.21. The average Bonchev–Trinajstić information content (AvgIpc) is 3.03. The van der Waals surface area contributed by atoms with Crippen molar-refractivity contribution in [3.05, 3.63) is 54.0 Å². The zero-order chi connectivity index (χ0) is 18.0. The smallest absolute Gasteiger partial charge is 0.214 e. The molecule has 2 unspecified atom stereocenters. The number of nitrogens with zero attached hydrogens (tertiary/aromatic N) is 1. The van der Waals surface area contributed by atoms with Crippen LogP contribution >= 0.6 is 0 Å². The van der Waals surface area contributed by atoms with Gasteiger partial charge < -0.3 is 4.74 Å². The largest absolute Gasteiger partial charge is 0.372 e. The number of rotatable bonds is 5. The van der Waals surface area contributed by atoms with E-state index < -0.39 is 15.3 Å². The maximum absolute atomic E-state index is 13.0. The van der Waals surface area contributed by atoms with E-state index in [1.165, 1.54) is 12.3 Å². The summed E-state index contributed by atoms with van der Waals surface area (Å²) in [6.07, 6.45) is 1.50. The summed E-state index contributed by atoms with van der Waals surface area (Å²) >= 11 is 0. The van der Waals surface area contributed by atoms with Gasteiger partial charge in [0.1, 0.15) is 5.82 Å². The van der Waals surface area contributed by atoms with Gasteiger partial charge >= 0.3 is 0 Å². The van der Waals surface area contributed by atoms with Crippen LogP contribution in [-0.4, -0.2) is 31.3 Å². The van der Waals surface area contributed by atoms with Crippen molar-refractivity contribution in [2.24, 2.45) is 0 Å². The Morgan fingerprint density at radius 2 is 1.92 bits per heavy atom. The van der Waals surface area contributed by atoms with Gasteiger partial charge in [0.15, 0.2) is 0 Å². The molecule has 1 aromatic carbocycles. The summed E-state index contributed by atoms with van der Waals surface area (Å²) in [5.74, 6) is -0.375. The Bertz CT molecular complexity index is 820. The van der Waals surface area contributed by atoms with E-state index in [4.69, 9.17) is 4.74 Å². The number of pyridine rings is 1. The van der Waals surface area contributed by atoms with Crippen LogP contribution in [0.4, 0.5) is 4.39 Å². The summed E-state index contributed by atoms with van der Waals surface area (Å²) in [7, 11) is -3.35. The molecule has 0 amide bonds. The van der Waals surface area contributed by atoms with Crippen molar-refractivity contribution in [3.63, 3.8) is 0 Å². The normalized spacial score (nSPS) is 21.0. The van der Waals surface area contributed by atoms with E-state index in [2.05, 4.69) is 9.71 Å². The second-order valence-corrected chi connectivity index (χ2v) is 8.65. The average molecular weight is 364 g/mol. The molecular formula is C18H21FN2O3S. The highest BCUT2D eigenvalue weighted by Gasteiger charge is 2.33. The predicted molar refractivity (Wildman–Crippen MR) is 93.9 cm³/mol. The highest BCUT2D eigenvalue weighted by atomic mass is 32.2. The molecule has 2 aromatic rings. The molecular weight excluding hydrogens is 343 g/mol. The molecule has 0 radical (unpaired) electrons. The Balaban J connectivity index is 1.78. The lowest BCUT2D eigenvalue weighted by atomic mass is 10.0. The van der Waals surface area contributed by atoms with Crippen LogP contribution in [-0.2, 0) is 14.8 Å². The number of nitrogens with one attached hydrogen (secondary N) is 1. The van der Waals surface area contributed by atoms with Crippen LogP contribution in [0.5, 0.6) is 0 Å². The quantitative estimate of drug-likeness (QED) is 0.885. The van der Waals surface area contributed by atoms with Crippen molar-refractivity contribution in [3.8, 4) is 11.3 Å². The molecule has 0 bridgehead atoms. The minimum absolute atomic E-state index is 0.276. The third kappa shape index (κ3) is 4.05. The molecule has 7 heteroatoms. The molecule has 1 saturated heterocycles. The maximum Gasteiger partial charge on any atom is 0.214 e. The maximum atomic E-state index is 13.0. The minimum Gasteiger partial charge on any atom is -0.372 e. The number of hydrogen-bond acceptors (Lipinski definition) is 4. The molecule has 3 rings (SSSR count). The van der Waals surface area contributed by atoms with E-state index in [9.17, 15) is 12.8 Å². The molecule has 1 N–H and O–H groups in total. The van der Waals surface area contributed by atoms with Gasteiger partial charge in [-0.2, -0.15) is 0 Å². The standard InChI is InChI=1S/C18H21FN2O3S/c1-12(2)25(22,23)21-17-9-10-24-18(17)14-5-3-13(4-6-14)16-8-7-15(19)11-20-16/h3-8,11-12,17-18,21H,9-10H2,1-2H3. The van der Waals surface area contributed by atoms with Gasteiger partial charge in [0.2, 0.25) is 10.0 Å². The van der Waals surface area contributed by atoms with Crippen LogP contribution in [0.15, 0.2) is 42.6 Å². The van der Waals surface area contributed by atoms with E-state index >= 15 is 0 Å². The van der Waals surface area contributed by atoms with Gasteiger partial charge in [-0.05, 0) is 38.0 Å². The summed E-state index contributed by atoms with van der Waals surface area (Å²) in [6, 6.07) is 10.3. The lowest BCUT2D eigenvalue weighted by molar-refractivity contribution is 0.102. The van der Waals surface area contributed by atoms with E-state index in [-0.39, 0.29) is 18.0 Å². The van der Waals surface area contributed by atoms with Crippen molar-refractivity contribution < 1.29 is 17.5 Å². The first-order chi connectivity index (χ1) is 11.9. The van der Waals surface area contributed by atoms with E-state index in [1.807, 2.05) is 24.3 Å². The Morgan fingerprint density at radius 3 is 2.52 bits per heavy atom. The van der Waals surface area contributed by atoms with Crippen molar-refractivity contribution in [2.75, 3.05) is 6.61 Å². The fourth-order valence-electron chi connectivity index (χ4n) is 2.78. The zero-order valence-corrected chi connectivity index (χ0v) is 15.0. The molecule has 5 nitrogen and oxygen atoms in total. The molecule has 0 spiro atoms. The molecule has 2 heterocycles. The molecule has 25 heavy (non-hydrogen) atoms. The number of sulfonamides is 1. The van der Waals surface area contributed by atoms with E-state index in [0.29, 0.717) is 18.7 Å². The van der Waals surface area contributed by atoms with Gasteiger partial charge in [-0.3, -0.25) is 4.98 Å². The molecule has 134 valence electrons. The summed E-state index contributed by atoms with van der Waals surface area (Å²) in [4.78, 5) is 4.06. The fraction of sp³-hybridized carbons (Fsp3) is 0.389. The van der Waals surface area contributed by atoms with Gasteiger partial charge in [0.05, 0.1) is 29.3 Å².